The number of halogens is 1. The summed E-state index contributed by atoms with van der Waals surface area (Å²) in [6.45, 7) is 3.00. The minimum absolute atomic E-state index is 0.0228. The van der Waals surface area contributed by atoms with Gasteiger partial charge in [0, 0.05) is 44.7 Å². The number of hydrogen-bond acceptors (Lipinski definition) is 5. The molecule has 0 spiro atoms. The largest absolute Gasteiger partial charge is 0.368 e. The maximum atomic E-state index is 11.9. The van der Waals surface area contributed by atoms with Crippen molar-refractivity contribution in [1.82, 2.24) is 15.3 Å². The van der Waals surface area contributed by atoms with Crippen molar-refractivity contribution in [2.24, 2.45) is 0 Å². The van der Waals surface area contributed by atoms with Gasteiger partial charge in [-0.3, -0.25) is 4.79 Å². The number of carbonyl (C=O) groups is 1. The van der Waals surface area contributed by atoms with Gasteiger partial charge in [-0.05, 0) is 31.0 Å². The summed E-state index contributed by atoms with van der Waals surface area (Å²) in [6, 6.07) is 9.46. The lowest BCUT2D eigenvalue weighted by atomic mass is 10.1. The number of anilines is 2. The summed E-state index contributed by atoms with van der Waals surface area (Å²) in [5.41, 5.74) is 1.06. The second-order valence-electron chi connectivity index (χ2n) is 5.96. The number of aryl methyl sites for hydroxylation is 2. The van der Waals surface area contributed by atoms with E-state index in [9.17, 15) is 4.79 Å². The molecule has 1 heterocycles. The first-order chi connectivity index (χ1) is 11.9. The van der Waals surface area contributed by atoms with Gasteiger partial charge in [-0.25, -0.2) is 9.97 Å². The van der Waals surface area contributed by atoms with Crippen LogP contribution in [-0.2, 0) is 11.2 Å². The van der Waals surface area contributed by atoms with Gasteiger partial charge in [0.25, 0.3) is 0 Å². The van der Waals surface area contributed by atoms with E-state index in [1.54, 1.807) is 0 Å². The molecular formula is C18H24ClN5O. The minimum Gasteiger partial charge on any atom is -0.368 e. The Morgan fingerprint density at radius 2 is 2.00 bits per heavy atom. The van der Waals surface area contributed by atoms with Crippen LogP contribution in [0.1, 0.15) is 17.8 Å². The maximum Gasteiger partial charge on any atom is 0.220 e. The van der Waals surface area contributed by atoms with Gasteiger partial charge in [0.05, 0.1) is 0 Å². The molecule has 1 amide bonds. The SMILES string of the molecule is Cc1nc(NCCNC(=O)CCc2cccc(Cl)c2)cc(N(C)C)n1. The van der Waals surface area contributed by atoms with E-state index in [-0.39, 0.29) is 5.91 Å². The van der Waals surface area contributed by atoms with Gasteiger partial charge >= 0.3 is 0 Å². The van der Waals surface area contributed by atoms with E-state index < -0.39 is 0 Å². The molecule has 1 aromatic heterocycles. The predicted molar refractivity (Wildman–Crippen MR) is 102 cm³/mol. The summed E-state index contributed by atoms with van der Waals surface area (Å²) in [6.07, 6.45) is 1.12. The highest BCUT2D eigenvalue weighted by Crippen LogP contribution is 2.13. The molecule has 2 aromatic rings. The molecule has 0 unspecified atom stereocenters. The second-order valence-corrected chi connectivity index (χ2v) is 6.40. The van der Waals surface area contributed by atoms with Crippen LogP contribution in [-0.4, -0.2) is 43.1 Å². The number of nitrogens with one attached hydrogen (secondary N) is 2. The number of aromatic nitrogens is 2. The van der Waals surface area contributed by atoms with Gasteiger partial charge in [-0.2, -0.15) is 0 Å². The lowest BCUT2D eigenvalue weighted by Crippen LogP contribution is -2.29. The average molecular weight is 362 g/mol. The zero-order valence-electron chi connectivity index (χ0n) is 14.8. The quantitative estimate of drug-likeness (QED) is 0.707. The molecule has 134 valence electrons. The summed E-state index contributed by atoms with van der Waals surface area (Å²) in [5.74, 6) is 2.33. The summed E-state index contributed by atoms with van der Waals surface area (Å²) in [7, 11) is 3.87. The van der Waals surface area contributed by atoms with E-state index in [1.807, 2.05) is 56.3 Å². The van der Waals surface area contributed by atoms with E-state index in [4.69, 9.17) is 11.6 Å². The van der Waals surface area contributed by atoms with E-state index in [2.05, 4.69) is 20.6 Å². The highest BCUT2D eigenvalue weighted by molar-refractivity contribution is 6.30. The molecule has 0 atom stereocenters. The third-order valence-electron chi connectivity index (χ3n) is 3.57. The van der Waals surface area contributed by atoms with Crippen LogP contribution in [0.4, 0.5) is 11.6 Å². The zero-order chi connectivity index (χ0) is 18.2. The number of nitrogens with zero attached hydrogens (tertiary/aromatic N) is 3. The first-order valence-corrected chi connectivity index (χ1v) is 8.60. The highest BCUT2D eigenvalue weighted by Gasteiger charge is 2.05. The Morgan fingerprint density at radius 1 is 1.20 bits per heavy atom. The molecule has 0 radical (unpaired) electrons. The predicted octanol–water partition coefficient (Wildman–Crippen LogP) is 2.67. The number of hydrogen-bond donors (Lipinski definition) is 2. The van der Waals surface area contributed by atoms with E-state index in [1.165, 1.54) is 0 Å². The lowest BCUT2D eigenvalue weighted by Gasteiger charge is -2.14. The van der Waals surface area contributed by atoms with Crippen LogP contribution >= 0.6 is 11.6 Å². The molecule has 6 nitrogen and oxygen atoms in total. The molecule has 0 fully saturated rings. The van der Waals surface area contributed by atoms with Gasteiger partial charge in [-0.1, -0.05) is 23.7 Å². The third-order valence-corrected chi connectivity index (χ3v) is 3.80. The van der Waals surface area contributed by atoms with Crippen LogP contribution in [0.5, 0.6) is 0 Å². The molecular weight excluding hydrogens is 338 g/mol. The summed E-state index contributed by atoms with van der Waals surface area (Å²) in [5, 5.41) is 6.80. The van der Waals surface area contributed by atoms with Crippen LogP contribution in [0, 0.1) is 6.92 Å². The molecule has 7 heteroatoms. The van der Waals surface area contributed by atoms with Crippen LogP contribution < -0.4 is 15.5 Å². The van der Waals surface area contributed by atoms with Crippen molar-refractivity contribution in [3.63, 3.8) is 0 Å². The third kappa shape index (κ3) is 6.58. The zero-order valence-corrected chi connectivity index (χ0v) is 15.6. The Hall–Kier alpha value is -2.34. The number of benzene rings is 1. The van der Waals surface area contributed by atoms with E-state index in [0.29, 0.717) is 36.8 Å². The van der Waals surface area contributed by atoms with E-state index in [0.717, 1.165) is 17.2 Å². The first-order valence-electron chi connectivity index (χ1n) is 8.22. The van der Waals surface area contributed by atoms with Crippen molar-refractivity contribution >= 4 is 29.1 Å². The maximum absolute atomic E-state index is 11.9. The van der Waals surface area contributed by atoms with Crippen LogP contribution in [0.3, 0.4) is 0 Å². The van der Waals surface area contributed by atoms with Crippen LogP contribution in [0.15, 0.2) is 30.3 Å². The molecule has 0 aliphatic carbocycles. The molecule has 0 saturated heterocycles. The first kappa shape index (κ1) is 19.0. The number of rotatable bonds is 8. The summed E-state index contributed by atoms with van der Waals surface area (Å²) >= 11 is 5.94. The smallest absolute Gasteiger partial charge is 0.220 e. The van der Waals surface area contributed by atoms with Crippen molar-refractivity contribution < 1.29 is 4.79 Å². The normalized spacial score (nSPS) is 10.4. The van der Waals surface area contributed by atoms with E-state index >= 15 is 0 Å². The summed E-state index contributed by atoms with van der Waals surface area (Å²) < 4.78 is 0. The molecule has 1 aromatic carbocycles. The van der Waals surface area contributed by atoms with Gasteiger partial charge in [0.15, 0.2) is 0 Å². The molecule has 0 saturated carbocycles. The minimum atomic E-state index is 0.0228. The lowest BCUT2D eigenvalue weighted by molar-refractivity contribution is -0.120. The van der Waals surface area contributed by atoms with Crippen molar-refractivity contribution in [1.29, 1.82) is 0 Å². The van der Waals surface area contributed by atoms with Crippen LogP contribution in [0.2, 0.25) is 5.02 Å². The summed E-state index contributed by atoms with van der Waals surface area (Å²) in [4.78, 5) is 22.5. The van der Waals surface area contributed by atoms with Gasteiger partial charge in [-0.15, -0.1) is 0 Å². The Balaban J connectivity index is 1.71. The Bertz CT molecular complexity index is 720. The molecule has 25 heavy (non-hydrogen) atoms. The second kappa shape index (κ2) is 9.22. The molecule has 0 bridgehead atoms. The standard InChI is InChI=1S/C18H24ClN5O/c1-13-22-16(12-17(23-13)24(2)3)20-9-10-21-18(25)8-7-14-5-4-6-15(19)11-14/h4-6,11-12H,7-10H2,1-3H3,(H,21,25)(H,20,22,23). The molecule has 2 N–H and O–H groups in total. The highest BCUT2D eigenvalue weighted by atomic mass is 35.5. The molecule has 2 rings (SSSR count). The Labute approximate surface area is 153 Å². The fraction of sp³-hybridized carbons (Fsp3) is 0.389. The van der Waals surface area contributed by atoms with Crippen molar-refractivity contribution in [2.75, 3.05) is 37.4 Å². The Morgan fingerprint density at radius 3 is 2.72 bits per heavy atom. The average Bonchev–Trinajstić information content (AvgIpc) is 2.56. The van der Waals surface area contributed by atoms with Gasteiger partial charge in [0.1, 0.15) is 17.5 Å². The molecule has 0 aliphatic heterocycles. The van der Waals surface area contributed by atoms with Gasteiger partial charge in [0.2, 0.25) is 5.91 Å². The van der Waals surface area contributed by atoms with Gasteiger partial charge < -0.3 is 15.5 Å². The molecule has 0 aliphatic rings. The topological polar surface area (TPSA) is 70.2 Å². The number of carbonyl (C=O) groups excluding carboxylic acids is 1. The van der Waals surface area contributed by atoms with Crippen molar-refractivity contribution in [2.45, 2.75) is 19.8 Å². The van der Waals surface area contributed by atoms with Crippen molar-refractivity contribution in [3.05, 3.63) is 46.7 Å². The number of amides is 1. The van der Waals surface area contributed by atoms with Crippen LogP contribution in [0.25, 0.3) is 0 Å². The fourth-order valence-electron chi connectivity index (χ4n) is 2.30. The van der Waals surface area contributed by atoms with Crippen molar-refractivity contribution in [3.8, 4) is 0 Å². The Kier molecular flexibility index (Phi) is 7.01. The monoisotopic (exact) mass is 361 g/mol. The fourth-order valence-corrected chi connectivity index (χ4v) is 2.52.